The van der Waals surface area contributed by atoms with E-state index in [9.17, 15) is 4.79 Å². The van der Waals surface area contributed by atoms with Crippen LogP contribution in [0.25, 0.3) is 0 Å². The van der Waals surface area contributed by atoms with E-state index in [-0.39, 0.29) is 0 Å². The molecule has 2 nitrogen and oxygen atoms in total. The van der Waals surface area contributed by atoms with Gasteiger partial charge in [0.05, 0.1) is 0 Å². The van der Waals surface area contributed by atoms with Gasteiger partial charge in [0.2, 0.25) is 5.91 Å². The van der Waals surface area contributed by atoms with Gasteiger partial charge in [-0.05, 0) is 24.2 Å². The van der Waals surface area contributed by atoms with Crippen molar-refractivity contribution in [3.63, 3.8) is 0 Å². The van der Waals surface area contributed by atoms with Gasteiger partial charge >= 0.3 is 0 Å². The van der Waals surface area contributed by atoms with E-state index < -0.39 is 0 Å². The van der Waals surface area contributed by atoms with Crippen LogP contribution in [-0.2, 0) is 4.79 Å². The fourth-order valence-electron chi connectivity index (χ4n) is 2.98. The minimum Gasteiger partial charge on any atom is -0.342 e. The van der Waals surface area contributed by atoms with Gasteiger partial charge in [0.15, 0.2) is 0 Å². The highest BCUT2D eigenvalue weighted by atomic mass is 79.9. The highest BCUT2D eigenvalue weighted by molar-refractivity contribution is 9.09. The normalized spacial score (nSPS) is 44.2. The highest BCUT2D eigenvalue weighted by Gasteiger charge is 2.48. The number of likely N-dealkylation sites (tertiary alicyclic amines) is 1. The monoisotopic (exact) mass is 245 g/mol. The lowest BCUT2D eigenvalue weighted by molar-refractivity contribution is -0.136. The average molecular weight is 246 g/mol. The maximum Gasteiger partial charge on any atom is 0.222 e. The number of fused-ring (bicyclic) bond motifs is 2. The second kappa shape index (κ2) is 3.26. The van der Waals surface area contributed by atoms with Gasteiger partial charge in [-0.2, -0.15) is 0 Å². The van der Waals surface area contributed by atoms with E-state index in [1.54, 1.807) is 0 Å². The Kier molecular flexibility index (Phi) is 2.39. The second-order valence-electron chi connectivity index (χ2n) is 4.47. The number of carbonyl (C=O) groups excluding carboxylic acids is 1. The fraction of sp³-hybridized carbons (Fsp3) is 0.900. The molecule has 0 aromatic rings. The lowest BCUT2D eigenvalue weighted by atomic mass is 9.85. The van der Waals surface area contributed by atoms with Crippen LogP contribution in [0.1, 0.15) is 19.8 Å². The van der Waals surface area contributed by atoms with Gasteiger partial charge in [-0.1, -0.05) is 22.9 Å². The summed E-state index contributed by atoms with van der Waals surface area (Å²) in [6.45, 7) is 2.28. The number of hydrogen-bond acceptors (Lipinski definition) is 1. The second-order valence-corrected chi connectivity index (χ2v) is 5.12. The molecular formula is C10H16BrNO. The summed E-state index contributed by atoms with van der Waals surface area (Å²) in [6, 6.07) is 0.501. The number of carbonyl (C=O) groups is 1. The molecule has 1 aliphatic heterocycles. The molecule has 1 saturated heterocycles. The van der Waals surface area contributed by atoms with Gasteiger partial charge in [0.1, 0.15) is 0 Å². The standard InChI is InChI=1S/C10H16BrNO/c1-6-3-9-8(5-11)7(6)4-10(13)12(9)2/h6-9H,3-5H2,1-2H3/t6-,7?,8?,9?/m1/s1. The molecule has 0 N–H and O–H groups in total. The van der Waals surface area contributed by atoms with Crippen molar-refractivity contribution in [3.05, 3.63) is 0 Å². The molecule has 1 heterocycles. The number of halogens is 1. The van der Waals surface area contributed by atoms with E-state index in [0.29, 0.717) is 23.8 Å². The first-order valence-electron chi connectivity index (χ1n) is 4.96. The van der Waals surface area contributed by atoms with Crippen LogP contribution in [0, 0.1) is 17.8 Å². The topological polar surface area (TPSA) is 20.3 Å². The van der Waals surface area contributed by atoms with Crippen LogP contribution < -0.4 is 0 Å². The Hall–Kier alpha value is -0.0500. The van der Waals surface area contributed by atoms with E-state index in [2.05, 4.69) is 22.9 Å². The number of rotatable bonds is 1. The fourth-order valence-corrected chi connectivity index (χ4v) is 3.90. The SMILES string of the molecule is C[C@@H]1CC2C(CBr)C1CC(=O)N2C. The van der Waals surface area contributed by atoms with Crippen molar-refractivity contribution in [1.82, 2.24) is 4.90 Å². The summed E-state index contributed by atoms with van der Waals surface area (Å²) in [5, 5.41) is 1.05. The third-order valence-corrected chi connectivity index (χ3v) is 4.62. The Labute approximate surface area is 87.8 Å². The Bertz CT molecular complexity index is 231. The summed E-state index contributed by atoms with van der Waals surface area (Å²) in [7, 11) is 1.96. The van der Waals surface area contributed by atoms with Gasteiger partial charge in [-0.25, -0.2) is 0 Å². The molecule has 1 saturated carbocycles. The third-order valence-electron chi connectivity index (χ3n) is 3.87. The molecule has 74 valence electrons. The smallest absolute Gasteiger partial charge is 0.222 e. The molecule has 0 radical (unpaired) electrons. The zero-order chi connectivity index (χ0) is 9.59. The Morgan fingerprint density at radius 3 is 2.92 bits per heavy atom. The molecule has 2 bridgehead atoms. The lowest BCUT2D eigenvalue weighted by Gasteiger charge is -2.36. The summed E-state index contributed by atoms with van der Waals surface area (Å²) in [4.78, 5) is 13.5. The lowest BCUT2D eigenvalue weighted by Crippen LogP contribution is -2.46. The molecule has 2 rings (SSSR count). The molecule has 2 aliphatic rings. The van der Waals surface area contributed by atoms with Crippen molar-refractivity contribution >= 4 is 21.8 Å². The number of nitrogens with zero attached hydrogens (tertiary/aromatic N) is 1. The molecule has 0 spiro atoms. The van der Waals surface area contributed by atoms with Crippen molar-refractivity contribution in [1.29, 1.82) is 0 Å². The molecule has 1 aliphatic carbocycles. The van der Waals surface area contributed by atoms with Gasteiger partial charge in [-0.3, -0.25) is 4.79 Å². The molecule has 0 aromatic carbocycles. The minimum atomic E-state index is 0.344. The molecule has 4 atom stereocenters. The summed E-state index contributed by atoms with van der Waals surface area (Å²) in [5.74, 6) is 2.39. The van der Waals surface area contributed by atoms with Crippen molar-refractivity contribution < 1.29 is 4.79 Å². The van der Waals surface area contributed by atoms with Crippen LogP contribution in [0.3, 0.4) is 0 Å². The maximum absolute atomic E-state index is 11.6. The number of amides is 1. The quantitative estimate of drug-likeness (QED) is 0.647. The summed E-state index contributed by atoms with van der Waals surface area (Å²) in [6.07, 6.45) is 1.97. The van der Waals surface area contributed by atoms with Crippen LogP contribution in [0.15, 0.2) is 0 Å². The highest BCUT2D eigenvalue weighted by Crippen LogP contribution is 2.45. The van der Waals surface area contributed by atoms with Gasteiger partial charge < -0.3 is 4.90 Å². The number of piperidine rings is 1. The van der Waals surface area contributed by atoms with E-state index in [0.717, 1.165) is 17.7 Å². The molecule has 3 heteroatoms. The molecular weight excluding hydrogens is 230 g/mol. The van der Waals surface area contributed by atoms with Gasteiger partial charge in [-0.15, -0.1) is 0 Å². The van der Waals surface area contributed by atoms with Gasteiger partial charge in [0.25, 0.3) is 0 Å². The largest absolute Gasteiger partial charge is 0.342 e. The predicted octanol–water partition coefficient (Wildman–Crippen LogP) is 1.88. The maximum atomic E-state index is 11.6. The Morgan fingerprint density at radius 1 is 1.62 bits per heavy atom. The summed E-state index contributed by atoms with van der Waals surface area (Å²) < 4.78 is 0. The van der Waals surface area contributed by atoms with Crippen LogP contribution in [-0.4, -0.2) is 29.2 Å². The van der Waals surface area contributed by atoms with Crippen molar-refractivity contribution in [2.75, 3.05) is 12.4 Å². The Morgan fingerprint density at radius 2 is 2.31 bits per heavy atom. The first-order chi connectivity index (χ1) is 6.15. The summed E-state index contributed by atoms with van der Waals surface area (Å²) >= 11 is 3.57. The molecule has 0 aromatic heterocycles. The minimum absolute atomic E-state index is 0.344. The van der Waals surface area contributed by atoms with E-state index >= 15 is 0 Å². The molecule has 2 fully saturated rings. The molecule has 3 unspecified atom stereocenters. The first-order valence-corrected chi connectivity index (χ1v) is 6.09. The number of alkyl halides is 1. The van der Waals surface area contributed by atoms with Crippen LogP contribution in [0.4, 0.5) is 0 Å². The van der Waals surface area contributed by atoms with Crippen molar-refractivity contribution in [2.24, 2.45) is 17.8 Å². The van der Waals surface area contributed by atoms with Crippen molar-refractivity contribution in [2.45, 2.75) is 25.8 Å². The Balaban J connectivity index is 2.24. The number of hydrogen-bond donors (Lipinski definition) is 0. The van der Waals surface area contributed by atoms with Crippen LogP contribution in [0.2, 0.25) is 0 Å². The predicted molar refractivity (Wildman–Crippen MR) is 55.7 cm³/mol. The average Bonchev–Trinajstić information content (AvgIpc) is 2.36. The zero-order valence-electron chi connectivity index (χ0n) is 8.16. The van der Waals surface area contributed by atoms with Crippen LogP contribution in [0.5, 0.6) is 0 Å². The van der Waals surface area contributed by atoms with Crippen LogP contribution >= 0.6 is 15.9 Å². The zero-order valence-corrected chi connectivity index (χ0v) is 9.75. The van der Waals surface area contributed by atoms with E-state index in [1.165, 1.54) is 6.42 Å². The molecule has 1 amide bonds. The van der Waals surface area contributed by atoms with E-state index in [4.69, 9.17) is 0 Å². The third kappa shape index (κ3) is 1.32. The van der Waals surface area contributed by atoms with Gasteiger partial charge in [0, 0.05) is 24.8 Å². The van der Waals surface area contributed by atoms with E-state index in [1.807, 2.05) is 11.9 Å². The summed E-state index contributed by atoms with van der Waals surface area (Å²) in [5.41, 5.74) is 0. The molecule has 13 heavy (non-hydrogen) atoms. The first kappa shape index (κ1) is 9.50. The van der Waals surface area contributed by atoms with Crippen molar-refractivity contribution in [3.8, 4) is 0 Å².